The Labute approximate surface area is 135 Å². The summed E-state index contributed by atoms with van der Waals surface area (Å²) >= 11 is 15.5. The maximum absolute atomic E-state index is 13.3. The first-order valence-corrected chi connectivity index (χ1v) is 7.41. The molecule has 0 aliphatic rings. The summed E-state index contributed by atoms with van der Waals surface area (Å²) in [6.07, 6.45) is 0.496. The van der Waals surface area contributed by atoms with Crippen LogP contribution >= 0.6 is 39.1 Å². The van der Waals surface area contributed by atoms with Gasteiger partial charge in [-0.2, -0.15) is 0 Å². The van der Waals surface area contributed by atoms with Crippen molar-refractivity contribution in [1.29, 1.82) is 0 Å². The third kappa shape index (κ3) is 3.71. The van der Waals surface area contributed by atoms with Crippen LogP contribution in [0.1, 0.15) is 17.2 Å². The van der Waals surface area contributed by atoms with Gasteiger partial charge in [0.15, 0.2) is 0 Å². The van der Waals surface area contributed by atoms with Crippen LogP contribution in [-0.4, -0.2) is 0 Å². The molecule has 0 amide bonds. The van der Waals surface area contributed by atoms with E-state index < -0.39 is 0 Å². The Morgan fingerprint density at radius 3 is 2.60 bits per heavy atom. The second-order valence-electron chi connectivity index (χ2n) is 4.32. The largest absolute Gasteiger partial charge is 0.271 e. The number of rotatable bonds is 4. The van der Waals surface area contributed by atoms with E-state index in [0.717, 1.165) is 15.6 Å². The SMILES string of the molecule is NNC(Cc1cc(F)ccc1Br)c1ccc(Cl)cc1Cl. The lowest BCUT2D eigenvalue weighted by Crippen LogP contribution is -2.30. The van der Waals surface area contributed by atoms with Crippen molar-refractivity contribution in [3.05, 3.63) is 67.9 Å². The van der Waals surface area contributed by atoms with Gasteiger partial charge in [0.25, 0.3) is 0 Å². The normalized spacial score (nSPS) is 12.4. The van der Waals surface area contributed by atoms with Gasteiger partial charge < -0.3 is 0 Å². The molecule has 0 heterocycles. The van der Waals surface area contributed by atoms with Crippen molar-refractivity contribution in [2.45, 2.75) is 12.5 Å². The van der Waals surface area contributed by atoms with Crippen molar-refractivity contribution in [2.24, 2.45) is 5.84 Å². The highest BCUT2D eigenvalue weighted by molar-refractivity contribution is 9.10. The molecule has 2 aromatic rings. The van der Waals surface area contributed by atoms with E-state index in [1.807, 2.05) is 6.07 Å². The first-order chi connectivity index (χ1) is 9.51. The van der Waals surface area contributed by atoms with E-state index >= 15 is 0 Å². The molecule has 0 aliphatic heterocycles. The first-order valence-electron chi connectivity index (χ1n) is 5.86. The van der Waals surface area contributed by atoms with Gasteiger partial charge in [-0.15, -0.1) is 0 Å². The third-order valence-electron chi connectivity index (χ3n) is 2.97. The maximum atomic E-state index is 13.3. The van der Waals surface area contributed by atoms with Crippen LogP contribution in [0.3, 0.4) is 0 Å². The van der Waals surface area contributed by atoms with Crippen molar-refractivity contribution in [3.63, 3.8) is 0 Å². The minimum atomic E-state index is -0.291. The Bertz CT molecular complexity index is 622. The number of nitrogens with one attached hydrogen (secondary N) is 1. The van der Waals surface area contributed by atoms with Gasteiger partial charge in [-0.25, -0.2) is 4.39 Å². The minimum absolute atomic E-state index is 0.238. The summed E-state index contributed by atoms with van der Waals surface area (Å²) in [5, 5.41) is 1.08. The maximum Gasteiger partial charge on any atom is 0.123 e. The topological polar surface area (TPSA) is 38.0 Å². The molecule has 0 radical (unpaired) electrons. The summed E-state index contributed by atoms with van der Waals surface area (Å²) in [6.45, 7) is 0. The fourth-order valence-corrected chi connectivity index (χ4v) is 2.91. The average Bonchev–Trinajstić information content (AvgIpc) is 2.40. The molecule has 3 N–H and O–H groups in total. The fraction of sp³-hybridized carbons (Fsp3) is 0.143. The van der Waals surface area contributed by atoms with E-state index in [1.54, 1.807) is 18.2 Å². The first kappa shape index (κ1) is 15.7. The third-order valence-corrected chi connectivity index (χ3v) is 4.31. The van der Waals surface area contributed by atoms with Crippen LogP contribution in [0.5, 0.6) is 0 Å². The van der Waals surface area contributed by atoms with Crippen LogP contribution in [0.4, 0.5) is 4.39 Å². The van der Waals surface area contributed by atoms with Crippen LogP contribution in [0.2, 0.25) is 10.0 Å². The molecular formula is C14H12BrCl2FN2. The van der Waals surface area contributed by atoms with Crippen molar-refractivity contribution in [2.75, 3.05) is 0 Å². The van der Waals surface area contributed by atoms with Crippen LogP contribution in [0.25, 0.3) is 0 Å². The predicted molar refractivity (Wildman–Crippen MR) is 84.3 cm³/mol. The second kappa shape index (κ2) is 6.87. The molecule has 0 aliphatic carbocycles. The molecule has 0 bridgehead atoms. The Kier molecular flexibility index (Phi) is 5.41. The quantitative estimate of drug-likeness (QED) is 0.601. The van der Waals surface area contributed by atoms with E-state index in [4.69, 9.17) is 29.0 Å². The zero-order valence-electron chi connectivity index (χ0n) is 10.3. The number of hydrazine groups is 1. The summed E-state index contributed by atoms with van der Waals surface area (Å²) in [5.74, 6) is 5.31. The average molecular weight is 378 g/mol. The monoisotopic (exact) mass is 376 g/mol. The molecule has 20 heavy (non-hydrogen) atoms. The smallest absolute Gasteiger partial charge is 0.123 e. The predicted octanol–water partition coefficient (Wildman–Crippen LogP) is 4.64. The zero-order valence-corrected chi connectivity index (χ0v) is 13.4. The van der Waals surface area contributed by atoms with E-state index in [2.05, 4.69) is 21.4 Å². The Morgan fingerprint density at radius 1 is 1.20 bits per heavy atom. The zero-order chi connectivity index (χ0) is 14.7. The van der Waals surface area contributed by atoms with Crippen LogP contribution in [0.15, 0.2) is 40.9 Å². The fourth-order valence-electron chi connectivity index (χ4n) is 1.96. The van der Waals surface area contributed by atoms with Gasteiger partial charge in [-0.3, -0.25) is 11.3 Å². The molecule has 2 aromatic carbocycles. The molecule has 106 valence electrons. The summed E-state index contributed by atoms with van der Waals surface area (Å²) in [7, 11) is 0. The number of hydrogen-bond donors (Lipinski definition) is 2. The molecule has 6 heteroatoms. The van der Waals surface area contributed by atoms with Crippen LogP contribution < -0.4 is 11.3 Å². The summed E-state index contributed by atoms with van der Waals surface area (Å²) in [4.78, 5) is 0. The van der Waals surface area contributed by atoms with Gasteiger partial charge in [-0.05, 0) is 47.9 Å². The van der Waals surface area contributed by atoms with Gasteiger partial charge >= 0.3 is 0 Å². The van der Waals surface area contributed by atoms with Crippen molar-refractivity contribution < 1.29 is 4.39 Å². The summed E-state index contributed by atoms with van der Waals surface area (Å²) in [6, 6.07) is 9.51. The highest BCUT2D eigenvalue weighted by Gasteiger charge is 2.16. The van der Waals surface area contributed by atoms with Crippen LogP contribution in [0, 0.1) is 5.82 Å². The highest BCUT2D eigenvalue weighted by Crippen LogP contribution is 2.30. The van der Waals surface area contributed by atoms with Crippen molar-refractivity contribution in [1.82, 2.24) is 5.43 Å². The molecule has 0 spiro atoms. The minimum Gasteiger partial charge on any atom is -0.271 e. The van der Waals surface area contributed by atoms with E-state index in [-0.39, 0.29) is 11.9 Å². The number of hydrogen-bond acceptors (Lipinski definition) is 2. The Balaban J connectivity index is 2.31. The lowest BCUT2D eigenvalue weighted by molar-refractivity contribution is 0.548. The number of halogens is 4. The molecule has 2 nitrogen and oxygen atoms in total. The summed E-state index contributed by atoms with van der Waals surface area (Å²) in [5.41, 5.74) is 4.32. The molecule has 0 fully saturated rings. The highest BCUT2D eigenvalue weighted by atomic mass is 79.9. The molecule has 0 saturated heterocycles. The lowest BCUT2D eigenvalue weighted by Gasteiger charge is -2.19. The van der Waals surface area contributed by atoms with Gasteiger partial charge in [0.1, 0.15) is 5.82 Å². The summed E-state index contributed by atoms with van der Waals surface area (Å²) < 4.78 is 14.1. The Hall–Kier alpha value is -0.650. The van der Waals surface area contributed by atoms with E-state index in [1.165, 1.54) is 12.1 Å². The van der Waals surface area contributed by atoms with Gasteiger partial charge in [0.2, 0.25) is 0 Å². The lowest BCUT2D eigenvalue weighted by atomic mass is 9.99. The van der Waals surface area contributed by atoms with Crippen LogP contribution in [-0.2, 0) is 6.42 Å². The molecule has 0 saturated carbocycles. The molecule has 1 atom stereocenters. The van der Waals surface area contributed by atoms with Gasteiger partial charge in [0, 0.05) is 14.5 Å². The van der Waals surface area contributed by atoms with E-state index in [9.17, 15) is 4.39 Å². The molecular weight excluding hydrogens is 366 g/mol. The van der Waals surface area contributed by atoms with Crippen molar-refractivity contribution in [3.8, 4) is 0 Å². The molecule has 1 unspecified atom stereocenters. The molecule has 0 aromatic heterocycles. The van der Waals surface area contributed by atoms with E-state index in [0.29, 0.717) is 16.5 Å². The van der Waals surface area contributed by atoms with Gasteiger partial charge in [-0.1, -0.05) is 45.2 Å². The molecule has 2 rings (SSSR count). The standard InChI is InChI=1S/C14H12BrCl2FN2/c15-12-4-2-10(18)5-8(12)6-14(20-19)11-3-1-9(16)7-13(11)17/h1-5,7,14,20H,6,19H2. The number of benzene rings is 2. The Morgan fingerprint density at radius 2 is 1.95 bits per heavy atom. The second-order valence-corrected chi connectivity index (χ2v) is 6.02. The number of nitrogens with two attached hydrogens (primary N) is 1. The van der Waals surface area contributed by atoms with Crippen molar-refractivity contribution >= 4 is 39.1 Å². The van der Waals surface area contributed by atoms with Gasteiger partial charge in [0.05, 0.1) is 6.04 Å².